The predicted molar refractivity (Wildman–Crippen MR) is 85.1 cm³/mol. The van der Waals surface area contributed by atoms with Gasteiger partial charge in [-0.25, -0.2) is 4.98 Å². The van der Waals surface area contributed by atoms with Gasteiger partial charge in [-0.3, -0.25) is 0 Å². The number of nitrogens with one attached hydrogen (secondary N) is 1. The summed E-state index contributed by atoms with van der Waals surface area (Å²) >= 11 is 1.39. The Bertz CT molecular complexity index is 559. The molecule has 2 aromatic rings. The van der Waals surface area contributed by atoms with Crippen LogP contribution in [-0.2, 0) is 11.2 Å². The highest BCUT2D eigenvalue weighted by atomic mass is 32.1. The van der Waals surface area contributed by atoms with Crippen molar-refractivity contribution in [1.29, 1.82) is 0 Å². The van der Waals surface area contributed by atoms with Crippen LogP contribution in [0.15, 0.2) is 24.3 Å². The third-order valence-corrected chi connectivity index (χ3v) is 3.75. The van der Waals surface area contributed by atoms with Crippen LogP contribution in [0, 0.1) is 0 Å². The Hall–Kier alpha value is -1.66. The Morgan fingerprint density at radius 2 is 2.19 bits per heavy atom. The van der Waals surface area contributed by atoms with Crippen molar-refractivity contribution in [3.8, 4) is 5.75 Å². The van der Waals surface area contributed by atoms with Crippen LogP contribution in [0.25, 0.3) is 0 Å². The number of benzene rings is 1. The lowest BCUT2D eigenvalue weighted by atomic mass is 10.1. The van der Waals surface area contributed by atoms with E-state index in [0.717, 1.165) is 35.1 Å². The largest absolute Gasteiger partial charge is 0.497 e. The van der Waals surface area contributed by atoms with E-state index in [-0.39, 0.29) is 6.04 Å². The standard InChI is InChI=1S/C15H21N3O2S/c1-4-6-14-17-15(21-18-14)16-13(10-19-2)11-7-5-8-12(9-11)20-3/h5,7-9,13H,4,6,10H2,1-3H3,(H,16,17,18). The molecule has 0 spiro atoms. The number of aryl methyl sites for hydroxylation is 1. The third kappa shape index (κ3) is 4.41. The molecule has 0 bridgehead atoms. The smallest absolute Gasteiger partial charge is 0.203 e. The molecule has 0 fully saturated rings. The van der Waals surface area contributed by atoms with E-state index in [1.54, 1.807) is 14.2 Å². The van der Waals surface area contributed by atoms with E-state index in [0.29, 0.717) is 6.61 Å². The normalized spacial score (nSPS) is 12.1. The molecule has 0 saturated heterocycles. The summed E-state index contributed by atoms with van der Waals surface area (Å²) in [5.74, 6) is 1.73. The first-order chi connectivity index (χ1) is 10.3. The second-order valence-electron chi connectivity index (χ2n) is 4.69. The zero-order valence-corrected chi connectivity index (χ0v) is 13.4. The van der Waals surface area contributed by atoms with E-state index >= 15 is 0 Å². The minimum absolute atomic E-state index is 0.0209. The maximum atomic E-state index is 5.31. The first-order valence-electron chi connectivity index (χ1n) is 6.98. The average Bonchev–Trinajstić information content (AvgIpc) is 2.95. The van der Waals surface area contributed by atoms with Gasteiger partial charge in [0, 0.05) is 25.1 Å². The van der Waals surface area contributed by atoms with Crippen LogP contribution < -0.4 is 10.1 Å². The Labute approximate surface area is 129 Å². The molecule has 21 heavy (non-hydrogen) atoms. The Morgan fingerprint density at radius 3 is 2.90 bits per heavy atom. The van der Waals surface area contributed by atoms with Gasteiger partial charge < -0.3 is 14.8 Å². The maximum absolute atomic E-state index is 5.31. The van der Waals surface area contributed by atoms with Gasteiger partial charge in [-0.2, -0.15) is 4.37 Å². The number of anilines is 1. The molecule has 1 unspecified atom stereocenters. The summed E-state index contributed by atoms with van der Waals surface area (Å²) in [6, 6.07) is 7.98. The predicted octanol–water partition coefficient (Wildman–Crippen LogP) is 3.30. The highest BCUT2D eigenvalue weighted by molar-refractivity contribution is 7.09. The summed E-state index contributed by atoms with van der Waals surface area (Å²) in [6.45, 7) is 2.67. The van der Waals surface area contributed by atoms with E-state index in [1.807, 2.05) is 24.3 Å². The molecule has 0 aliphatic carbocycles. The topological polar surface area (TPSA) is 56.3 Å². The van der Waals surface area contributed by atoms with Crippen molar-refractivity contribution in [1.82, 2.24) is 9.36 Å². The van der Waals surface area contributed by atoms with Crippen molar-refractivity contribution < 1.29 is 9.47 Å². The highest BCUT2D eigenvalue weighted by Crippen LogP contribution is 2.24. The van der Waals surface area contributed by atoms with Crippen molar-refractivity contribution in [2.45, 2.75) is 25.8 Å². The lowest BCUT2D eigenvalue weighted by Gasteiger charge is -2.18. The van der Waals surface area contributed by atoms with Crippen LogP contribution in [0.1, 0.15) is 30.8 Å². The number of hydrogen-bond acceptors (Lipinski definition) is 6. The molecule has 0 amide bonds. The summed E-state index contributed by atoms with van der Waals surface area (Å²) in [7, 11) is 3.36. The van der Waals surface area contributed by atoms with Crippen LogP contribution in [-0.4, -0.2) is 30.2 Å². The molecule has 5 nitrogen and oxygen atoms in total. The van der Waals surface area contributed by atoms with Gasteiger partial charge >= 0.3 is 0 Å². The summed E-state index contributed by atoms with van der Waals surface area (Å²) in [6.07, 6.45) is 1.96. The van der Waals surface area contributed by atoms with Gasteiger partial charge in [0.15, 0.2) is 0 Å². The van der Waals surface area contributed by atoms with Crippen LogP contribution in [0.3, 0.4) is 0 Å². The zero-order chi connectivity index (χ0) is 15.1. The van der Waals surface area contributed by atoms with Gasteiger partial charge in [-0.15, -0.1) is 0 Å². The third-order valence-electron chi connectivity index (χ3n) is 3.07. The number of rotatable bonds is 8. The van der Waals surface area contributed by atoms with Crippen LogP contribution in [0.4, 0.5) is 5.13 Å². The molecule has 2 rings (SSSR count). The first-order valence-corrected chi connectivity index (χ1v) is 7.76. The zero-order valence-electron chi connectivity index (χ0n) is 12.6. The summed E-state index contributed by atoms with van der Waals surface area (Å²) < 4.78 is 14.9. The number of hydrogen-bond donors (Lipinski definition) is 1. The molecule has 1 heterocycles. The highest BCUT2D eigenvalue weighted by Gasteiger charge is 2.14. The van der Waals surface area contributed by atoms with E-state index in [2.05, 4.69) is 21.6 Å². The molecule has 1 aromatic carbocycles. The molecule has 0 aliphatic heterocycles. The Morgan fingerprint density at radius 1 is 1.33 bits per heavy atom. The van der Waals surface area contributed by atoms with Crippen LogP contribution >= 0.6 is 11.5 Å². The SMILES string of the molecule is CCCc1nsc(NC(COC)c2cccc(OC)c2)n1. The van der Waals surface area contributed by atoms with Gasteiger partial charge in [0.2, 0.25) is 5.13 Å². The van der Waals surface area contributed by atoms with Crippen molar-refractivity contribution >= 4 is 16.7 Å². The summed E-state index contributed by atoms with van der Waals surface area (Å²) in [5.41, 5.74) is 1.10. The monoisotopic (exact) mass is 307 g/mol. The fourth-order valence-corrected chi connectivity index (χ4v) is 2.70. The second kappa shape index (κ2) is 7.95. The summed E-state index contributed by atoms with van der Waals surface area (Å²) in [5, 5.41) is 4.21. The molecule has 0 saturated carbocycles. The van der Waals surface area contributed by atoms with Gasteiger partial charge in [0.25, 0.3) is 0 Å². The molecule has 6 heteroatoms. The van der Waals surface area contributed by atoms with Gasteiger partial charge in [-0.1, -0.05) is 19.1 Å². The lowest BCUT2D eigenvalue weighted by Crippen LogP contribution is -2.16. The molecule has 114 valence electrons. The fraction of sp³-hybridized carbons (Fsp3) is 0.467. The van der Waals surface area contributed by atoms with Gasteiger partial charge in [0.05, 0.1) is 19.8 Å². The van der Waals surface area contributed by atoms with Gasteiger partial charge in [-0.05, 0) is 24.1 Å². The first kappa shape index (κ1) is 15.7. The fourth-order valence-electron chi connectivity index (χ4n) is 2.03. The van der Waals surface area contributed by atoms with E-state index < -0.39 is 0 Å². The number of ether oxygens (including phenoxy) is 2. The van der Waals surface area contributed by atoms with Gasteiger partial charge in [0.1, 0.15) is 11.6 Å². The molecule has 1 N–H and O–H groups in total. The lowest BCUT2D eigenvalue weighted by molar-refractivity contribution is 0.186. The quantitative estimate of drug-likeness (QED) is 0.811. The minimum atomic E-state index is 0.0209. The van der Waals surface area contributed by atoms with E-state index in [1.165, 1.54) is 11.5 Å². The van der Waals surface area contributed by atoms with Crippen molar-refractivity contribution in [3.63, 3.8) is 0 Å². The van der Waals surface area contributed by atoms with Crippen molar-refractivity contribution in [2.24, 2.45) is 0 Å². The second-order valence-corrected chi connectivity index (χ2v) is 5.45. The van der Waals surface area contributed by atoms with Crippen molar-refractivity contribution in [2.75, 3.05) is 26.1 Å². The molecular formula is C15H21N3O2S. The Kier molecular flexibility index (Phi) is 5.95. The Balaban J connectivity index is 2.13. The van der Waals surface area contributed by atoms with Crippen molar-refractivity contribution in [3.05, 3.63) is 35.7 Å². The minimum Gasteiger partial charge on any atom is -0.497 e. The molecular weight excluding hydrogens is 286 g/mol. The average molecular weight is 307 g/mol. The van der Waals surface area contributed by atoms with E-state index in [9.17, 15) is 0 Å². The molecule has 0 aliphatic rings. The summed E-state index contributed by atoms with van der Waals surface area (Å²) in [4.78, 5) is 4.50. The van der Waals surface area contributed by atoms with Crippen LogP contribution in [0.5, 0.6) is 5.75 Å². The molecule has 1 atom stereocenters. The number of methoxy groups -OCH3 is 2. The number of nitrogens with zero attached hydrogens (tertiary/aromatic N) is 2. The maximum Gasteiger partial charge on any atom is 0.203 e. The molecule has 1 aromatic heterocycles. The van der Waals surface area contributed by atoms with Crippen LogP contribution in [0.2, 0.25) is 0 Å². The number of aromatic nitrogens is 2. The van der Waals surface area contributed by atoms with E-state index in [4.69, 9.17) is 9.47 Å². The molecule has 0 radical (unpaired) electrons.